The molecule has 0 radical (unpaired) electrons. The van der Waals surface area contributed by atoms with Crippen LogP contribution in [0, 0.1) is 0 Å². The molecule has 3 heteroatoms. The average Bonchev–Trinajstić information content (AvgIpc) is 2.06. The smallest absolute Gasteiger partial charge is 0.0589 e. The molecule has 0 saturated carbocycles. The van der Waals surface area contributed by atoms with E-state index in [1.807, 2.05) is 6.92 Å². The quantitative estimate of drug-likeness (QED) is 0.663. The molecule has 1 aliphatic heterocycles. The van der Waals surface area contributed by atoms with Gasteiger partial charge in [-0.3, -0.25) is 0 Å². The standard InChI is InChI=1S/C5H11NO.C5H12O/c7-6-4-2-1-3-5-6;1-4-5(2,3)6/h7H,1-5H2;6H,4H2,1-3H3. The van der Waals surface area contributed by atoms with Crippen molar-refractivity contribution >= 4 is 0 Å². The van der Waals surface area contributed by atoms with E-state index in [-0.39, 0.29) is 0 Å². The van der Waals surface area contributed by atoms with Crippen molar-refractivity contribution in [1.29, 1.82) is 0 Å². The van der Waals surface area contributed by atoms with E-state index in [1.165, 1.54) is 11.5 Å². The van der Waals surface area contributed by atoms with E-state index < -0.39 is 5.60 Å². The van der Waals surface area contributed by atoms with Gasteiger partial charge in [-0.25, -0.2) is 0 Å². The van der Waals surface area contributed by atoms with Gasteiger partial charge in [0.25, 0.3) is 0 Å². The van der Waals surface area contributed by atoms with Crippen molar-refractivity contribution in [2.75, 3.05) is 13.1 Å². The minimum Gasteiger partial charge on any atom is -0.390 e. The third-order valence-electron chi connectivity index (χ3n) is 2.20. The van der Waals surface area contributed by atoms with Crippen molar-refractivity contribution in [2.45, 2.75) is 52.1 Å². The molecule has 0 spiro atoms. The van der Waals surface area contributed by atoms with Crippen LogP contribution in [0.5, 0.6) is 0 Å². The van der Waals surface area contributed by atoms with Gasteiger partial charge in [0.1, 0.15) is 0 Å². The molecular weight excluding hydrogens is 166 g/mol. The Labute approximate surface area is 81.3 Å². The van der Waals surface area contributed by atoms with E-state index in [0.717, 1.165) is 32.4 Å². The fraction of sp³-hybridized carbons (Fsp3) is 1.00. The first-order valence-corrected chi connectivity index (χ1v) is 5.12. The summed E-state index contributed by atoms with van der Waals surface area (Å²) in [5.41, 5.74) is -0.458. The predicted octanol–water partition coefficient (Wildman–Crippen LogP) is 2.03. The second kappa shape index (κ2) is 6.35. The summed E-state index contributed by atoms with van der Waals surface area (Å²) in [4.78, 5) is 0. The maximum absolute atomic E-state index is 8.83. The SMILES string of the molecule is CCC(C)(C)O.ON1CCCCC1. The predicted molar refractivity (Wildman–Crippen MR) is 53.8 cm³/mol. The van der Waals surface area contributed by atoms with E-state index in [4.69, 9.17) is 10.3 Å². The Kier molecular flexibility index (Phi) is 6.29. The van der Waals surface area contributed by atoms with E-state index in [2.05, 4.69) is 0 Å². The highest BCUT2D eigenvalue weighted by Gasteiger charge is 2.05. The van der Waals surface area contributed by atoms with Crippen molar-refractivity contribution in [3.05, 3.63) is 0 Å². The van der Waals surface area contributed by atoms with Crippen LogP contribution in [0.15, 0.2) is 0 Å². The molecule has 0 aromatic rings. The third kappa shape index (κ3) is 9.80. The van der Waals surface area contributed by atoms with Crippen LogP contribution >= 0.6 is 0 Å². The maximum atomic E-state index is 8.83. The zero-order valence-electron chi connectivity index (χ0n) is 9.08. The first-order chi connectivity index (χ1) is 5.95. The lowest BCUT2D eigenvalue weighted by Crippen LogP contribution is -2.25. The summed E-state index contributed by atoms with van der Waals surface area (Å²) in [6.07, 6.45) is 4.44. The van der Waals surface area contributed by atoms with Crippen molar-refractivity contribution in [2.24, 2.45) is 0 Å². The van der Waals surface area contributed by atoms with Crippen LogP contribution in [-0.4, -0.2) is 34.1 Å². The molecule has 2 N–H and O–H groups in total. The first kappa shape index (κ1) is 12.9. The molecule has 1 fully saturated rings. The molecular formula is C10H23NO2. The van der Waals surface area contributed by atoms with Gasteiger partial charge >= 0.3 is 0 Å². The molecule has 1 saturated heterocycles. The zero-order chi connectivity index (χ0) is 10.3. The highest BCUT2D eigenvalue weighted by molar-refractivity contribution is 4.59. The van der Waals surface area contributed by atoms with Crippen LogP contribution in [0.4, 0.5) is 0 Å². The number of rotatable bonds is 1. The molecule has 1 heterocycles. The van der Waals surface area contributed by atoms with E-state index in [1.54, 1.807) is 13.8 Å². The van der Waals surface area contributed by atoms with Gasteiger partial charge in [0.2, 0.25) is 0 Å². The van der Waals surface area contributed by atoms with Crippen LogP contribution in [-0.2, 0) is 0 Å². The van der Waals surface area contributed by atoms with Crippen molar-refractivity contribution in [1.82, 2.24) is 5.06 Å². The van der Waals surface area contributed by atoms with E-state index in [9.17, 15) is 0 Å². The lowest BCUT2D eigenvalue weighted by Gasteiger charge is -2.18. The van der Waals surface area contributed by atoms with Crippen LogP contribution in [0.3, 0.4) is 0 Å². The van der Waals surface area contributed by atoms with Gasteiger partial charge in [0.05, 0.1) is 5.60 Å². The molecule has 0 aromatic carbocycles. The fourth-order valence-electron chi connectivity index (χ4n) is 0.877. The van der Waals surface area contributed by atoms with Gasteiger partial charge in [0.15, 0.2) is 0 Å². The summed E-state index contributed by atoms with van der Waals surface area (Å²) in [6.45, 7) is 7.31. The number of hydrogen-bond acceptors (Lipinski definition) is 3. The average molecular weight is 189 g/mol. The van der Waals surface area contributed by atoms with Gasteiger partial charge in [0, 0.05) is 13.1 Å². The number of hydroxylamine groups is 2. The van der Waals surface area contributed by atoms with Crippen LogP contribution in [0.25, 0.3) is 0 Å². The number of nitrogens with zero attached hydrogens (tertiary/aromatic N) is 1. The lowest BCUT2D eigenvalue weighted by atomic mass is 10.1. The Morgan fingerprint density at radius 2 is 1.54 bits per heavy atom. The molecule has 0 aromatic heterocycles. The zero-order valence-corrected chi connectivity index (χ0v) is 9.08. The number of hydrogen-bond donors (Lipinski definition) is 2. The molecule has 0 aliphatic carbocycles. The monoisotopic (exact) mass is 189 g/mol. The van der Waals surface area contributed by atoms with Crippen molar-refractivity contribution < 1.29 is 10.3 Å². The Morgan fingerprint density at radius 3 is 1.69 bits per heavy atom. The minimum absolute atomic E-state index is 0.458. The van der Waals surface area contributed by atoms with Gasteiger partial charge < -0.3 is 10.3 Å². The van der Waals surface area contributed by atoms with Crippen molar-refractivity contribution in [3.8, 4) is 0 Å². The summed E-state index contributed by atoms with van der Waals surface area (Å²) >= 11 is 0. The normalized spacial score (nSPS) is 19.2. The first-order valence-electron chi connectivity index (χ1n) is 5.12. The number of piperidine rings is 1. The lowest BCUT2D eigenvalue weighted by molar-refractivity contribution is -0.103. The fourth-order valence-corrected chi connectivity index (χ4v) is 0.877. The highest BCUT2D eigenvalue weighted by Crippen LogP contribution is 2.04. The third-order valence-corrected chi connectivity index (χ3v) is 2.20. The molecule has 3 nitrogen and oxygen atoms in total. The summed E-state index contributed by atoms with van der Waals surface area (Å²) < 4.78 is 0. The molecule has 0 bridgehead atoms. The van der Waals surface area contributed by atoms with Crippen LogP contribution in [0.2, 0.25) is 0 Å². The Bertz CT molecular complexity index is 115. The summed E-state index contributed by atoms with van der Waals surface area (Å²) in [6, 6.07) is 0. The van der Waals surface area contributed by atoms with E-state index in [0.29, 0.717) is 0 Å². The topological polar surface area (TPSA) is 43.7 Å². The van der Waals surface area contributed by atoms with E-state index >= 15 is 0 Å². The Hall–Kier alpha value is -0.120. The van der Waals surface area contributed by atoms with Crippen LogP contribution < -0.4 is 0 Å². The van der Waals surface area contributed by atoms with Gasteiger partial charge in [-0.1, -0.05) is 13.3 Å². The Balaban J connectivity index is 0.000000226. The van der Waals surface area contributed by atoms with Gasteiger partial charge in [-0.05, 0) is 33.1 Å². The molecule has 0 atom stereocenters. The maximum Gasteiger partial charge on any atom is 0.0589 e. The minimum atomic E-state index is -0.458. The summed E-state index contributed by atoms with van der Waals surface area (Å²) in [5, 5.41) is 19.0. The molecule has 1 aliphatic rings. The number of aliphatic hydroxyl groups is 1. The van der Waals surface area contributed by atoms with Gasteiger partial charge in [-0.15, -0.1) is 0 Å². The molecule has 80 valence electrons. The van der Waals surface area contributed by atoms with Crippen molar-refractivity contribution in [3.63, 3.8) is 0 Å². The second-order valence-corrected chi connectivity index (χ2v) is 4.18. The molecule has 0 unspecified atom stereocenters. The highest BCUT2D eigenvalue weighted by atomic mass is 16.5. The molecule has 13 heavy (non-hydrogen) atoms. The largest absolute Gasteiger partial charge is 0.390 e. The Morgan fingerprint density at radius 1 is 1.15 bits per heavy atom. The summed E-state index contributed by atoms with van der Waals surface area (Å²) in [7, 11) is 0. The molecule has 1 rings (SSSR count). The van der Waals surface area contributed by atoms with Crippen LogP contribution in [0.1, 0.15) is 46.5 Å². The summed E-state index contributed by atoms with van der Waals surface area (Å²) in [5.74, 6) is 0. The van der Waals surface area contributed by atoms with Gasteiger partial charge in [-0.2, -0.15) is 5.06 Å². The second-order valence-electron chi connectivity index (χ2n) is 4.18. The molecule has 0 amide bonds.